The molecule has 12 nitrogen and oxygen atoms in total. The van der Waals surface area contributed by atoms with Crippen molar-refractivity contribution < 1.29 is 27.2 Å². The van der Waals surface area contributed by atoms with Crippen LogP contribution in [0, 0.1) is 18.3 Å². The van der Waals surface area contributed by atoms with Gasteiger partial charge in [0.15, 0.2) is 0 Å². The number of rotatable bonds is 7. The molecule has 1 aliphatic rings. The molecule has 3 heterocycles. The zero-order valence-corrected chi connectivity index (χ0v) is 27.1. The summed E-state index contributed by atoms with van der Waals surface area (Å²) in [6.07, 6.45) is -2.30. The molecule has 1 fully saturated rings. The van der Waals surface area contributed by atoms with Crippen LogP contribution in [-0.4, -0.2) is 93.7 Å². The number of aromatic nitrogens is 4. The molecule has 0 bridgehead atoms. The number of likely N-dealkylation sites (tertiary alicyclic amines) is 1. The molecule has 1 saturated heterocycles. The fraction of sp³-hybridized carbons (Fsp3) is 0.364. The number of nitrogens with zero attached hydrogens (tertiary/aromatic N) is 7. The van der Waals surface area contributed by atoms with Gasteiger partial charge < -0.3 is 20.0 Å². The third kappa shape index (κ3) is 7.28. The normalized spacial score (nSPS) is 14.1. The van der Waals surface area contributed by atoms with Crippen molar-refractivity contribution >= 4 is 12.1 Å². The minimum absolute atomic E-state index is 0.0610. The van der Waals surface area contributed by atoms with E-state index in [2.05, 4.69) is 15.7 Å². The van der Waals surface area contributed by atoms with Crippen molar-refractivity contribution in [3.05, 3.63) is 88.1 Å². The van der Waals surface area contributed by atoms with E-state index >= 15 is 0 Å². The lowest BCUT2D eigenvalue weighted by molar-refractivity contribution is -0.869. The first-order valence-corrected chi connectivity index (χ1v) is 15.4. The number of urea groups is 1. The highest BCUT2D eigenvalue weighted by Crippen LogP contribution is 2.32. The van der Waals surface area contributed by atoms with Crippen molar-refractivity contribution in [3.8, 4) is 28.8 Å². The second-order valence-corrected chi connectivity index (χ2v) is 12.7. The van der Waals surface area contributed by atoms with Gasteiger partial charge in [0.05, 0.1) is 80.4 Å². The van der Waals surface area contributed by atoms with Gasteiger partial charge in [-0.25, -0.2) is 23.6 Å². The Morgan fingerprint density at radius 3 is 2.33 bits per heavy atom. The van der Waals surface area contributed by atoms with Crippen molar-refractivity contribution in [3.63, 3.8) is 0 Å². The highest BCUT2D eigenvalue weighted by Gasteiger charge is 2.33. The van der Waals surface area contributed by atoms with Crippen LogP contribution in [0.2, 0.25) is 0 Å². The van der Waals surface area contributed by atoms with Gasteiger partial charge in [0.1, 0.15) is 5.69 Å². The van der Waals surface area contributed by atoms with Gasteiger partial charge in [-0.2, -0.15) is 23.5 Å². The average molecular weight is 665 g/mol. The first-order valence-electron chi connectivity index (χ1n) is 15.4. The Bertz CT molecular complexity index is 1900. The Balaban J connectivity index is 1.48. The van der Waals surface area contributed by atoms with Crippen LogP contribution >= 0.6 is 0 Å². The van der Waals surface area contributed by atoms with E-state index in [1.807, 2.05) is 27.2 Å². The number of alkyl halides is 3. The Kier molecular flexibility index (Phi) is 9.49. The Morgan fingerprint density at radius 2 is 1.71 bits per heavy atom. The van der Waals surface area contributed by atoms with E-state index < -0.39 is 23.5 Å². The van der Waals surface area contributed by atoms with Crippen molar-refractivity contribution in [2.24, 2.45) is 0 Å². The number of halogens is 3. The minimum atomic E-state index is -4.65. The molecule has 252 valence electrons. The maximum absolute atomic E-state index is 14.0. The molecule has 0 aliphatic carbocycles. The number of amides is 3. The fourth-order valence-electron chi connectivity index (χ4n) is 5.66. The average Bonchev–Trinajstić information content (AvgIpc) is 3.62. The molecule has 2 aromatic carbocycles. The highest BCUT2D eigenvalue weighted by atomic mass is 19.4. The zero-order valence-electron chi connectivity index (χ0n) is 27.1. The lowest BCUT2D eigenvalue weighted by Gasteiger charge is -2.32. The Labute approximate surface area is 275 Å². The number of likely N-dealkylation sites (N-methyl/N-ethyl adjacent to an activating group) is 1. The number of nitrogens with one attached hydrogen (secondary N) is 2. The van der Waals surface area contributed by atoms with E-state index in [0.717, 1.165) is 27.8 Å². The number of hydrogen-bond donors (Lipinski definition) is 2. The summed E-state index contributed by atoms with van der Waals surface area (Å²) in [6, 6.07) is 13.2. The van der Waals surface area contributed by atoms with E-state index in [-0.39, 0.29) is 29.1 Å². The molecule has 0 radical (unpaired) electrons. The van der Waals surface area contributed by atoms with Gasteiger partial charge in [-0.1, -0.05) is 6.07 Å². The molecule has 4 aromatic rings. The van der Waals surface area contributed by atoms with Crippen LogP contribution in [0.5, 0.6) is 0 Å². The molecule has 48 heavy (non-hydrogen) atoms. The second kappa shape index (κ2) is 13.4. The zero-order chi connectivity index (χ0) is 34.8. The van der Waals surface area contributed by atoms with E-state index in [0.29, 0.717) is 53.9 Å². The molecule has 0 unspecified atom stereocenters. The predicted octanol–water partition coefficient (Wildman–Crippen LogP) is 4.13. The third-order valence-corrected chi connectivity index (χ3v) is 8.21. The third-order valence-electron chi connectivity index (χ3n) is 8.21. The molecule has 2 N–H and O–H groups in total. The van der Waals surface area contributed by atoms with Gasteiger partial charge in [0.25, 0.3) is 0 Å². The van der Waals surface area contributed by atoms with Crippen molar-refractivity contribution in [1.82, 2.24) is 34.4 Å². The summed E-state index contributed by atoms with van der Waals surface area (Å²) in [5, 5.41) is 19.4. The Hall–Kier alpha value is -5.36. The predicted molar refractivity (Wildman–Crippen MR) is 172 cm³/mol. The number of piperidine rings is 1. The molecule has 2 aromatic heterocycles. The maximum atomic E-state index is 14.0. The van der Waals surface area contributed by atoms with Gasteiger partial charge in [0.2, 0.25) is 0 Å². The van der Waals surface area contributed by atoms with Crippen molar-refractivity contribution in [2.45, 2.75) is 32.0 Å². The fourth-order valence-corrected chi connectivity index (χ4v) is 5.66. The van der Waals surface area contributed by atoms with Crippen LogP contribution in [0.25, 0.3) is 22.8 Å². The van der Waals surface area contributed by atoms with E-state index in [1.54, 1.807) is 42.2 Å². The standard InChI is InChI=1S/C33H36F3N9O3/c1-22-29(28-12-15-39-44(28)26-10-8-23(21-37)9-11-26)43(32(48)42(22)27-7-5-6-24(20-27)33(34,35)36)31(47)40-25-13-17-41(18-14-25)30(46)38-16-19-45(2,3)4/h5-12,15,20,25H,13-14,16-19H2,1-4H3,(H-,38,40,46,47)/p+1. The van der Waals surface area contributed by atoms with Crippen LogP contribution in [-0.2, 0) is 6.18 Å². The van der Waals surface area contributed by atoms with Crippen molar-refractivity contribution in [2.75, 3.05) is 47.3 Å². The molecule has 15 heteroatoms. The van der Waals surface area contributed by atoms with E-state index in [9.17, 15) is 32.8 Å². The number of nitriles is 1. The summed E-state index contributed by atoms with van der Waals surface area (Å²) in [5.74, 6) is 0. The summed E-state index contributed by atoms with van der Waals surface area (Å²) in [7, 11) is 6.10. The van der Waals surface area contributed by atoms with Crippen molar-refractivity contribution in [1.29, 1.82) is 5.26 Å². The maximum Gasteiger partial charge on any atom is 0.416 e. The van der Waals surface area contributed by atoms with Crippen LogP contribution < -0.4 is 16.3 Å². The van der Waals surface area contributed by atoms with Crippen LogP contribution in [0.3, 0.4) is 0 Å². The molecular weight excluding hydrogens is 627 g/mol. The SMILES string of the molecule is Cc1c(-c2ccnn2-c2ccc(C#N)cc2)n(C(=O)NC2CCN(C(=O)NCC[N+](C)(C)C)CC2)c(=O)n1-c1cccc(C(F)(F)F)c1. The highest BCUT2D eigenvalue weighted by molar-refractivity contribution is 5.83. The number of quaternary nitrogens is 1. The van der Waals surface area contributed by atoms with Gasteiger partial charge in [-0.05, 0) is 68.3 Å². The summed E-state index contributed by atoms with van der Waals surface area (Å²) in [4.78, 5) is 42.4. The number of benzene rings is 2. The lowest BCUT2D eigenvalue weighted by Crippen LogP contribution is -2.52. The second-order valence-electron chi connectivity index (χ2n) is 12.7. The molecule has 1 aliphatic heterocycles. The van der Waals surface area contributed by atoms with Crippen LogP contribution in [0.1, 0.15) is 29.7 Å². The number of carbonyl (C=O) groups excluding carboxylic acids is 2. The Morgan fingerprint density at radius 1 is 1.02 bits per heavy atom. The van der Waals surface area contributed by atoms with Gasteiger partial charge >= 0.3 is 23.9 Å². The first kappa shape index (κ1) is 34.0. The molecule has 0 atom stereocenters. The first-order chi connectivity index (χ1) is 22.7. The molecule has 0 saturated carbocycles. The number of hydrogen-bond acceptors (Lipinski definition) is 5. The van der Waals surface area contributed by atoms with Gasteiger partial charge in [-0.3, -0.25) is 4.57 Å². The largest absolute Gasteiger partial charge is 0.416 e. The quantitative estimate of drug-likeness (QED) is 0.287. The van der Waals surface area contributed by atoms with Crippen LogP contribution in [0.4, 0.5) is 22.8 Å². The van der Waals surface area contributed by atoms with E-state index in [4.69, 9.17) is 0 Å². The van der Waals surface area contributed by atoms with E-state index in [1.165, 1.54) is 23.0 Å². The van der Waals surface area contributed by atoms with Gasteiger partial charge in [-0.15, -0.1) is 0 Å². The lowest BCUT2D eigenvalue weighted by atomic mass is 10.1. The summed E-state index contributed by atoms with van der Waals surface area (Å²) >= 11 is 0. The molecular formula is C33H37F3N9O3+. The minimum Gasteiger partial charge on any atom is -0.334 e. The smallest absolute Gasteiger partial charge is 0.334 e. The molecule has 0 spiro atoms. The molecule has 3 amide bonds. The number of imidazole rings is 1. The summed E-state index contributed by atoms with van der Waals surface area (Å²) in [6.45, 7) is 3.61. The monoisotopic (exact) mass is 664 g/mol. The molecule has 5 rings (SSSR count). The van der Waals surface area contributed by atoms with Crippen LogP contribution in [0.15, 0.2) is 65.6 Å². The van der Waals surface area contributed by atoms with Gasteiger partial charge in [0, 0.05) is 19.1 Å². The summed E-state index contributed by atoms with van der Waals surface area (Å²) in [5.41, 5.74) is -0.238. The topological polar surface area (TPSA) is 130 Å². The summed E-state index contributed by atoms with van der Waals surface area (Å²) < 4.78 is 45.1. The number of carbonyl (C=O) groups is 2.